The highest BCUT2D eigenvalue weighted by Gasteiger charge is 2.29. The van der Waals surface area contributed by atoms with Gasteiger partial charge in [-0.15, -0.1) is 0 Å². The van der Waals surface area contributed by atoms with E-state index in [2.05, 4.69) is 41.5 Å². The van der Waals surface area contributed by atoms with Crippen molar-refractivity contribution in [1.29, 1.82) is 0 Å². The van der Waals surface area contributed by atoms with Gasteiger partial charge in [-0.25, -0.2) is 4.79 Å². The van der Waals surface area contributed by atoms with Crippen LogP contribution in [0.5, 0.6) is 0 Å². The maximum absolute atomic E-state index is 12.2. The topological polar surface area (TPSA) is 61.4 Å². The van der Waals surface area contributed by atoms with Gasteiger partial charge in [-0.05, 0) is 37.3 Å². The second kappa shape index (κ2) is 7.29. The van der Waals surface area contributed by atoms with Crippen LogP contribution in [0.4, 0.5) is 10.5 Å². The van der Waals surface area contributed by atoms with E-state index in [0.717, 1.165) is 18.5 Å². The number of nitrogens with one attached hydrogen (secondary N) is 2. The van der Waals surface area contributed by atoms with Crippen LogP contribution in [-0.4, -0.2) is 31.1 Å². The smallest absolute Gasteiger partial charge is 0.321 e. The minimum Gasteiger partial charge on any atom is -0.359 e. The number of aryl methyl sites for hydroxylation is 1. The molecule has 0 unspecified atom stereocenters. The molecule has 3 amide bonds. The van der Waals surface area contributed by atoms with E-state index in [1.807, 2.05) is 19.1 Å². The molecule has 22 heavy (non-hydrogen) atoms. The Morgan fingerprint density at radius 2 is 2.05 bits per heavy atom. The number of hydrogen-bond acceptors (Lipinski definition) is 3. The molecule has 0 fully saturated rings. The minimum atomic E-state index is -0.432. The molecule has 5 nitrogen and oxygen atoms in total. The van der Waals surface area contributed by atoms with Crippen LogP contribution in [0.2, 0.25) is 0 Å². The normalized spacial score (nSPS) is 17.1. The van der Waals surface area contributed by atoms with Gasteiger partial charge in [-0.1, -0.05) is 32.0 Å². The van der Waals surface area contributed by atoms with Crippen molar-refractivity contribution in [2.24, 2.45) is 5.92 Å². The van der Waals surface area contributed by atoms with Gasteiger partial charge in [0.15, 0.2) is 0 Å². The number of rotatable bonds is 4. The molecule has 1 aromatic rings. The molecule has 1 atom stereocenters. The fourth-order valence-electron chi connectivity index (χ4n) is 3.06. The average molecular weight is 303 g/mol. The number of fused-ring (bicyclic) bond motifs is 1. The molecule has 0 radical (unpaired) electrons. The number of urea groups is 1. The van der Waals surface area contributed by atoms with Crippen molar-refractivity contribution in [3.63, 3.8) is 0 Å². The Kier molecular flexibility index (Phi) is 5.41. The third-order valence-electron chi connectivity index (χ3n) is 4.08. The van der Waals surface area contributed by atoms with Crippen LogP contribution in [0.25, 0.3) is 0 Å². The van der Waals surface area contributed by atoms with Gasteiger partial charge in [0.25, 0.3) is 0 Å². The number of para-hydroxylation sites is 1. The van der Waals surface area contributed by atoms with E-state index in [1.54, 1.807) is 0 Å². The largest absolute Gasteiger partial charge is 0.359 e. The van der Waals surface area contributed by atoms with Gasteiger partial charge in [-0.2, -0.15) is 0 Å². The van der Waals surface area contributed by atoms with E-state index in [0.29, 0.717) is 18.5 Å². The molecular formula is C17H25N3O2. The Labute approximate surface area is 132 Å². The lowest BCUT2D eigenvalue weighted by Gasteiger charge is -2.40. The van der Waals surface area contributed by atoms with Crippen LogP contribution in [0.15, 0.2) is 24.3 Å². The van der Waals surface area contributed by atoms with Crippen molar-refractivity contribution >= 4 is 17.6 Å². The summed E-state index contributed by atoms with van der Waals surface area (Å²) in [6, 6.07) is 8.08. The quantitative estimate of drug-likeness (QED) is 0.897. The van der Waals surface area contributed by atoms with Crippen molar-refractivity contribution in [3.8, 4) is 0 Å². The number of imide groups is 1. The number of nitrogens with zero attached hydrogens (tertiary/aromatic N) is 1. The van der Waals surface area contributed by atoms with Crippen LogP contribution in [-0.2, 0) is 11.2 Å². The summed E-state index contributed by atoms with van der Waals surface area (Å²) in [5, 5.41) is 4.97. The van der Waals surface area contributed by atoms with Gasteiger partial charge < -0.3 is 10.2 Å². The number of benzene rings is 1. The number of carbonyl (C=O) groups excluding carboxylic acids is 2. The summed E-state index contributed by atoms with van der Waals surface area (Å²) >= 11 is 0. The van der Waals surface area contributed by atoms with Gasteiger partial charge >= 0.3 is 6.03 Å². The standard InChI is InChI=1S/C17H25N3O2/c1-4-18-17(22)19-16(21)11-20-14(12(2)3)10-9-13-7-5-6-8-15(13)20/h5-8,12,14H,4,9-11H2,1-3H3,(H2,18,19,21,22)/t14-/m0/s1. The van der Waals surface area contributed by atoms with Gasteiger partial charge in [0.1, 0.15) is 0 Å². The molecule has 0 bridgehead atoms. The summed E-state index contributed by atoms with van der Waals surface area (Å²) < 4.78 is 0. The third-order valence-corrected chi connectivity index (χ3v) is 4.08. The first kappa shape index (κ1) is 16.3. The van der Waals surface area contributed by atoms with Crippen molar-refractivity contribution in [1.82, 2.24) is 10.6 Å². The number of hydrogen-bond donors (Lipinski definition) is 2. The summed E-state index contributed by atoms with van der Waals surface area (Å²) in [5.74, 6) is 0.180. The lowest BCUT2D eigenvalue weighted by atomic mass is 9.89. The van der Waals surface area contributed by atoms with Gasteiger partial charge in [0, 0.05) is 18.3 Å². The van der Waals surface area contributed by atoms with Crippen LogP contribution < -0.4 is 15.5 Å². The molecule has 0 aromatic heterocycles. The first-order chi connectivity index (χ1) is 10.5. The molecule has 0 saturated carbocycles. The van der Waals surface area contributed by atoms with E-state index in [1.165, 1.54) is 5.56 Å². The Morgan fingerprint density at radius 3 is 2.73 bits per heavy atom. The molecule has 0 saturated heterocycles. The van der Waals surface area contributed by atoms with Crippen LogP contribution in [0.1, 0.15) is 32.8 Å². The zero-order valence-corrected chi connectivity index (χ0v) is 13.6. The molecule has 1 aromatic carbocycles. The molecule has 1 aliphatic heterocycles. The Balaban J connectivity index is 2.14. The summed E-state index contributed by atoms with van der Waals surface area (Å²) in [5.41, 5.74) is 2.38. The molecular weight excluding hydrogens is 278 g/mol. The summed E-state index contributed by atoms with van der Waals surface area (Å²) in [4.78, 5) is 25.8. The first-order valence-electron chi connectivity index (χ1n) is 7.95. The predicted octanol–water partition coefficient (Wildman–Crippen LogP) is 2.31. The molecule has 1 aliphatic rings. The second-order valence-electron chi connectivity index (χ2n) is 6.01. The Morgan fingerprint density at radius 1 is 1.32 bits per heavy atom. The number of anilines is 1. The molecule has 5 heteroatoms. The van der Waals surface area contributed by atoms with Crippen molar-refractivity contribution < 1.29 is 9.59 Å². The molecule has 2 N–H and O–H groups in total. The third kappa shape index (κ3) is 3.78. The SMILES string of the molecule is CCNC(=O)NC(=O)CN1c2ccccc2CC[C@H]1C(C)C. The lowest BCUT2D eigenvalue weighted by molar-refractivity contribution is -0.118. The maximum atomic E-state index is 12.2. The highest BCUT2D eigenvalue weighted by Crippen LogP contribution is 2.33. The van der Waals surface area contributed by atoms with E-state index < -0.39 is 6.03 Å². The Bertz CT molecular complexity index is 542. The second-order valence-corrected chi connectivity index (χ2v) is 6.01. The van der Waals surface area contributed by atoms with E-state index in [-0.39, 0.29) is 12.5 Å². The minimum absolute atomic E-state index is 0.205. The van der Waals surface area contributed by atoms with E-state index in [4.69, 9.17) is 0 Å². The molecule has 120 valence electrons. The van der Waals surface area contributed by atoms with Gasteiger partial charge in [0.2, 0.25) is 5.91 Å². The van der Waals surface area contributed by atoms with Crippen molar-refractivity contribution in [2.45, 2.75) is 39.7 Å². The fourth-order valence-corrected chi connectivity index (χ4v) is 3.06. The zero-order chi connectivity index (χ0) is 16.1. The Hall–Kier alpha value is -2.04. The lowest BCUT2D eigenvalue weighted by Crippen LogP contribution is -2.50. The van der Waals surface area contributed by atoms with Gasteiger partial charge in [-0.3, -0.25) is 10.1 Å². The van der Waals surface area contributed by atoms with E-state index >= 15 is 0 Å². The molecule has 2 rings (SSSR count). The average Bonchev–Trinajstić information content (AvgIpc) is 2.47. The molecule has 1 heterocycles. The monoisotopic (exact) mass is 303 g/mol. The predicted molar refractivity (Wildman–Crippen MR) is 88.0 cm³/mol. The number of amides is 3. The fraction of sp³-hybridized carbons (Fsp3) is 0.529. The van der Waals surface area contributed by atoms with Gasteiger partial charge in [0.05, 0.1) is 6.54 Å². The van der Waals surface area contributed by atoms with Crippen molar-refractivity contribution in [2.75, 3.05) is 18.0 Å². The van der Waals surface area contributed by atoms with Crippen LogP contribution >= 0.6 is 0 Å². The zero-order valence-electron chi connectivity index (χ0n) is 13.6. The summed E-state index contributed by atoms with van der Waals surface area (Å²) in [6.07, 6.45) is 2.07. The summed E-state index contributed by atoms with van der Waals surface area (Å²) in [6.45, 7) is 6.87. The van der Waals surface area contributed by atoms with E-state index in [9.17, 15) is 9.59 Å². The first-order valence-corrected chi connectivity index (χ1v) is 7.95. The highest BCUT2D eigenvalue weighted by molar-refractivity contribution is 5.96. The van der Waals surface area contributed by atoms with Crippen molar-refractivity contribution in [3.05, 3.63) is 29.8 Å². The summed E-state index contributed by atoms with van der Waals surface area (Å²) in [7, 11) is 0. The maximum Gasteiger partial charge on any atom is 0.321 e. The number of carbonyl (C=O) groups is 2. The van der Waals surface area contributed by atoms with Crippen LogP contribution in [0, 0.1) is 5.92 Å². The highest BCUT2D eigenvalue weighted by atomic mass is 16.2. The van der Waals surface area contributed by atoms with Crippen LogP contribution in [0.3, 0.4) is 0 Å². The molecule has 0 spiro atoms. The molecule has 0 aliphatic carbocycles.